The summed E-state index contributed by atoms with van der Waals surface area (Å²) < 4.78 is 95.3. The van der Waals surface area contributed by atoms with E-state index in [4.69, 9.17) is 9.47 Å². The SMILES string of the molecule is C=C(C)C(=O)OCC(COc1ccc2cc(-c3ccc(CCCCC)cc3C(F)(F)F)n(CCCCC)c2c1)CC(F)(F)F. The monoisotopic (exact) mass is 625 g/mol. The number of carbonyl (C=O) groups excluding carboxylic acids is 1. The second-order valence-corrected chi connectivity index (χ2v) is 11.3. The summed E-state index contributed by atoms with van der Waals surface area (Å²) in [6, 6.07) is 11.2. The Morgan fingerprint density at radius 1 is 0.909 bits per heavy atom. The number of hydrogen-bond donors (Lipinski definition) is 0. The minimum absolute atomic E-state index is 0.0709. The molecular weight excluding hydrogens is 584 g/mol. The maximum atomic E-state index is 14.4. The molecule has 3 rings (SSSR count). The van der Waals surface area contributed by atoms with Crippen LogP contribution in [-0.4, -0.2) is 29.9 Å². The number of fused-ring (bicyclic) bond motifs is 1. The zero-order valence-corrected chi connectivity index (χ0v) is 25.5. The second kappa shape index (κ2) is 15.5. The molecule has 0 radical (unpaired) electrons. The molecule has 10 heteroatoms. The van der Waals surface area contributed by atoms with Crippen molar-refractivity contribution in [1.29, 1.82) is 0 Å². The minimum atomic E-state index is -4.56. The van der Waals surface area contributed by atoms with Gasteiger partial charge in [0.15, 0.2) is 0 Å². The highest BCUT2D eigenvalue weighted by Crippen LogP contribution is 2.40. The first-order chi connectivity index (χ1) is 20.7. The Morgan fingerprint density at radius 3 is 2.25 bits per heavy atom. The van der Waals surface area contributed by atoms with Gasteiger partial charge in [0.2, 0.25) is 0 Å². The van der Waals surface area contributed by atoms with Gasteiger partial charge in [0, 0.05) is 40.7 Å². The molecule has 0 aliphatic carbocycles. The van der Waals surface area contributed by atoms with Crippen molar-refractivity contribution in [3.8, 4) is 17.0 Å². The summed E-state index contributed by atoms with van der Waals surface area (Å²) in [5.74, 6) is -1.69. The molecule has 0 saturated carbocycles. The lowest BCUT2D eigenvalue weighted by molar-refractivity contribution is -0.158. The van der Waals surface area contributed by atoms with Crippen molar-refractivity contribution >= 4 is 16.9 Å². The predicted octanol–water partition coefficient (Wildman–Crippen LogP) is 10.3. The Hall–Kier alpha value is -3.43. The number of aromatic nitrogens is 1. The van der Waals surface area contributed by atoms with E-state index in [0.29, 0.717) is 35.1 Å². The van der Waals surface area contributed by atoms with Crippen LogP contribution in [0.15, 0.2) is 54.6 Å². The quantitative estimate of drug-likeness (QED) is 0.0688. The van der Waals surface area contributed by atoms with Gasteiger partial charge < -0.3 is 14.0 Å². The minimum Gasteiger partial charge on any atom is -0.493 e. The largest absolute Gasteiger partial charge is 0.493 e. The molecule has 1 atom stereocenters. The molecule has 2 aromatic carbocycles. The maximum absolute atomic E-state index is 14.4. The molecule has 0 fully saturated rings. The van der Waals surface area contributed by atoms with Gasteiger partial charge in [-0.2, -0.15) is 26.3 Å². The van der Waals surface area contributed by atoms with Crippen LogP contribution in [0.25, 0.3) is 22.2 Å². The Bertz CT molecular complexity index is 1410. The molecule has 0 saturated heterocycles. The average molecular weight is 626 g/mol. The molecule has 242 valence electrons. The van der Waals surface area contributed by atoms with E-state index in [0.717, 1.165) is 38.5 Å². The number of ether oxygens (including phenoxy) is 2. The first-order valence-electron chi connectivity index (χ1n) is 15.1. The van der Waals surface area contributed by atoms with E-state index in [2.05, 4.69) is 6.58 Å². The van der Waals surface area contributed by atoms with Crippen LogP contribution in [0, 0.1) is 5.92 Å². The lowest BCUT2D eigenvalue weighted by atomic mass is 9.98. The molecule has 1 aromatic heterocycles. The van der Waals surface area contributed by atoms with Crippen LogP contribution in [0.5, 0.6) is 5.75 Å². The van der Waals surface area contributed by atoms with Gasteiger partial charge in [-0.25, -0.2) is 4.79 Å². The van der Waals surface area contributed by atoms with Crippen molar-refractivity contribution in [3.63, 3.8) is 0 Å². The topological polar surface area (TPSA) is 40.5 Å². The average Bonchev–Trinajstić information content (AvgIpc) is 3.31. The van der Waals surface area contributed by atoms with Crippen LogP contribution in [0.4, 0.5) is 26.3 Å². The molecule has 0 spiro atoms. The summed E-state index contributed by atoms with van der Waals surface area (Å²) in [5, 5.41) is 0.686. The number of halogens is 6. The molecule has 0 aliphatic heterocycles. The number of nitrogens with zero attached hydrogens (tertiary/aromatic N) is 1. The maximum Gasteiger partial charge on any atom is 0.417 e. The van der Waals surface area contributed by atoms with E-state index < -0.39 is 42.8 Å². The predicted molar refractivity (Wildman–Crippen MR) is 161 cm³/mol. The molecule has 1 heterocycles. The fourth-order valence-electron chi connectivity index (χ4n) is 5.12. The van der Waals surface area contributed by atoms with E-state index in [-0.39, 0.29) is 23.5 Å². The number of rotatable bonds is 16. The first kappa shape index (κ1) is 35.1. The summed E-state index contributed by atoms with van der Waals surface area (Å²) >= 11 is 0. The summed E-state index contributed by atoms with van der Waals surface area (Å²) in [4.78, 5) is 11.7. The van der Waals surface area contributed by atoms with Crippen LogP contribution < -0.4 is 4.74 Å². The van der Waals surface area contributed by atoms with Gasteiger partial charge in [0.1, 0.15) is 5.75 Å². The van der Waals surface area contributed by atoms with Gasteiger partial charge in [-0.05, 0) is 56.0 Å². The standard InChI is InChI=1S/C34H41F6NO3/c1-5-7-9-11-24-12-15-28(29(17-24)34(38,39)40)31-18-26-13-14-27(19-30(26)41(31)16-10-8-6-2)43-21-25(20-33(35,36)37)22-44-32(42)23(3)4/h12-15,17-19,25H,3,5-11,16,20-22H2,1-2,4H3. The highest BCUT2D eigenvalue weighted by molar-refractivity contribution is 5.89. The number of alkyl halides is 6. The van der Waals surface area contributed by atoms with Crippen molar-refractivity contribution in [1.82, 2.24) is 4.57 Å². The zero-order valence-electron chi connectivity index (χ0n) is 25.5. The van der Waals surface area contributed by atoms with E-state index in [1.54, 1.807) is 36.4 Å². The first-order valence-corrected chi connectivity index (χ1v) is 15.1. The lowest BCUT2D eigenvalue weighted by Crippen LogP contribution is -2.26. The fraction of sp³-hybridized carbons (Fsp3) is 0.500. The van der Waals surface area contributed by atoms with Crippen LogP contribution in [0.1, 0.15) is 76.8 Å². The molecule has 44 heavy (non-hydrogen) atoms. The number of hydrogen-bond acceptors (Lipinski definition) is 3. The van der Waals surface area contributed by atoms with Gasteiger partial charge in [0.05, 0.1) is 30.7 Å². The third-order valence-electron chi connectivity index (χ3n) is 7.40. The summed E-state index contributed by atoms with van der Waals surface area (Å²) in [6.45, 7) is 8.49. The van der Waals surface area contributed by atoms with Crippen LogP contribution >= 0.6 is 0 Å². The van der Waals surface area contributed by atoms with Crippen LogP contribution in [-0.2, 0) is 28.7 Å². The molecular formula is C34H41F6NO3. The molecule has 4 nitrogen and oxygen atoms in total. The Kier molecular flexibility index (Phi) is 12.4. The molecule has 0 aliphatic rings. The summed E-state index contributed by atoms with van der Waals surface area (Å²) in [6.07, 6.45) is -4.46. The smallest absolute Gasteiger partial charge is 0.417 e. The fourth-order valence-corrected chi connectivity index (χ4v) is 5.12. The molecule has 0 amide bonds. The second-order valence-electron chi connectivity index (χ2n) is 11.3. The van der Waals surface area contributed by atoms with Gasteiger partial charge in [-0.15, -0.1) is 0 Å². The molecule has 3 aromatic rings. The third-order valence-corrected chi connectivity index (χ3v) is 7.40. The number of unbranched alkanes of at least 4 members (excludes halogenated alkanes) is 4. The van der Waals surface area contributed by atoms with E-state index in [1.165, 1.54) is 13.0 Å². The van der Waals surface area contributed by atoms with Crippen LogP contribution in [0.3, 0.4) is 0 Å². The van der Waals surface area contributed by atoms with Gasteiger partial charge in [-0.1, -0.05) is 58.2 Å². The Balaban J connectivity index is 1.98. The molecule has 0 N–H and O–H groups in total. The lowest BCUT2D eigenvalue weighted by Gasteiger charge is -2.20. The van der Waals surface area contributed by atoms with E-state index >= 15 is 0 Å². The number of esters is 1. The summed E-state index contributed by atoms with van der Waals surface area (Å²) in [5.41, 5.74) is 1.14. The number of carbonyl (C=O) groups is 1. The van der Waals surface area contributed by atoms with E-state index in [9.17, 15) is 31.1 Å². The van der Waals surface area contributed by atoms with Gasteiger partial charge in [0.25, 0.3) is 0 Å². The Labute approximate surface area is 255 Å². The van der Waals surface area contributed by atoms with Crippen molar-refractivity contribution in [3.05, 3.63) is 65.7 Å². The van der Waals surface area contributed by atoms with Crippen molar-refractivity contribution in [2.45, 2.75) is 91.0 Å². The van der Waals surface area contributed by atoms with Crippen LogP contribution in [0.2, 0.25) is 0 Å². The number of benzene rings is 2. The highest BCUT2D eigenvalue weighted by Gasteiger charge is 2.35. The highest BCUT2D eigenvalue weighted by atomic mass is 19.4. The van der Waals surface area contributed by atoms with Gasteiger partial charge >= 0.3 is 18.3 Å². The zero-order chi connectivity index (χ0) is 32.5. The van der Waals surface area contributed by atoms with Gasteiger partial charge in [-0.3, -0.25) is 0 Å². The molecule has 0 bridgehead atoms. The van der Waals surface area contributed by atoms with E-state index in [1.807, 2.05) is 18.4 Å². The Morgan fingerprint density at radius 2 is 1.61 bits per heavy atom. The third kappa shape index (κ3) is 10.1. The normalized spacial score (nSPS) is 12.8. The van der Waals surface area contributed by atoms with Crippen molar-refractivity contribution in [2.24, 2.45) is 5.92 Å². The van der Waals surface area contributed by atoms with Crippen molar-refractivity contribution < 1.29 is 40.6 Å². The summed E-state index contributed by atoms with van der Waals surface area (Å²) in [7, 11) is 0. The molecule has 1 unspecified atom stereocenters. The number of aryl methyl sites for hydroxylation is 2. The van der Waals surface area contributed by atoms with Crippen molar-refractivity contribution in [2.75, 3.05) is 13.2 Å².